The van der Waals surface area contributed by atoms with Crippen LogP contribution in [0.4, 0.5) is 18.3 Å². The fourth-order valence-corrected chi connectivity index (χ4v) is 5.48. The first kappa shape index (κ1) is 24.3. The molecule has 1 aromatic heterocycles. The van der Waals surface area contributed by atoms with Gasteiger partial charge in [0, 0.05) is 16.5 Å². The molecule has 7 heteroatoms. The van der Waals surface area contributed by atoms with Crippen molar-refractivity contribution in [3.8, 4) is 22.4 Å². The maximum absolute atomic E-state index is 13.1. The molecule has 5 rings (SSSR count). The molecule has 0 atom stereocenters. The van der Waals surface area contributed by atoms with Crippen molar-refractivity contribution in [1.82, 2.24) is 4.98 Å². The van der Waals surface area contributed by atoms with Crippen LogP contribution in [0.15, 0.2) is 78.2 Å². The summed E-state index contributed by atoms with van der Waals surface area (Å²) in [6.07, 6.45) is 2.01. The molecule has 1 aliphatic carbocycles. The molecule has 1 heterocycles. The average Bonchev–Trinajstić information content (AvgIpc) is 3.37. The fourth-order valence-electron chi connectivity index (χ4n) is 4.76. The van der Waals surface area contributed by atoms with Crippen LogP contribution in [0.1, 0.15) is 59.5 Å². The molecule has 0 saturated heterocycles. The first-order chi connectivity index (χ1) is 17.4. The minimum atomic E-state index is -4.41. The highest BCUT2D eigenvalue weighted by atomic mass is 32.1. The highest BCUT2D eigenvalue weighted by molar-refractivity contribution is 7.14. The lowest BCUT2D eigenvalue weighted by atomic mass is 9.84. The number of rotatable bonds is 5. The van der Waals surface area contributed by atoms with Gasteiger partial charge in [-0.25, -0.2) is 4.98 Å². The number of hydrogen-bond acceptors (Lipinski definition) is 3. The normalized spacial score (nSPS) is 14.5. The van der Waals surface area contributed by atoms with Gasteiger partial charge in [-0.1, -0.05) is 73.9 Å². The predicted molar refractivity (Wildman–Crippen MR) is 138 cm³/mol. The van der Waals surface area contributed by atoms with Crippen LogP contribution in [0.5, 0.6) is 0 Å². The van der Waals surface area contributed by atoms with Gasteiger partial charge in [-0.3, -0.25) is 10.1 Å². The van der Waals surface area contributed by atoms with Crippen LogP contribution < -0.4 is 5.32 Å². The number of carbonyl (C=O) groups is 1. The number of anilines is 1. The van der Waals surface area contributed by atoms with Crippen molar-refractivity contribution < 1.29 is 18.0 Å². The molecule has 1 N–H and O–H groups in total. The maximum atomic E-state index is 13.1. The van der Waals surface area contributed by atoms with Crippen molar-refractivity contribution >= 4 is 22.4 Å². The topological polar surface area (TPSA) is 42.0 Å². The molecule has 3 nitrogen and oxygen atoms in total. The van der Waals surface area contributed by atoms with Gasteiger partial charge in [-0.2, -0.15) is 13.2 Å². The van der Waals surface area contributed by atoms with Gasteiger partial charge in [0.15, 0.2) is 5.13 Å². The number of aromatic nitrogens is 1. The van der Waals surface area contributed by atoms with E-state index >= 15 is 0 Å². The molecule has 1 amide bonds. The summed E-state index contributed by atoms with van der Waals surface area (Å²) < 4.78 is 38.8. The summed E-state index contributed by atoms with van der Waals surface area (Å²) >= 11 is 1.34. The summed E-state index contributed by atoms with van der Waals surface area (Å²) in [5, 5.41) is 5.22. The van der Waals surface area contributed by atoms with Crippen LogP contribution in [-0.2, 0) is 6.18 Å². The van der Waals surface area contributed by atoms with Gasteiger partial charge in [0.25, 0.3) is 5.91 Å². The lowest BCUT2D eigenvalue weighted by Crippen LogP contribution is -2.13. The van der Waals surface area contributed by atoms with Crippen LogP contribution in [0.25, 0.3) is 22.4 Å². The Balaban J connectivity index is 1.31. The Bertz CT molecular complexity index is 1340. The number of alkyl halides is 3. The smallest absolute Gasteiger partial charge is 0.298 e. The maximum Gasteiger partial charge on any atom is 0.416 e. The second kappa shape index (κ2) is 10.3. The van der Waals surface area contributed by atoms with Gasteiger partial charge in [0.2, 0.25) is 0 Å². The molecule has 0 unspecified atom stereocenters. The first-order valence-corrected chi connectivity index (χ1v) is 12.9. The second-order valence-corrected chi connectivity index (χ2v) is 9.93. The molecule has 4 aromatic rings. The number of amides is 1. The van der Waals surface area contributed by atoms with Gasteiger partial charge < -0.3 is 0 Å². The second-order valence-electron chi connectivity index (χ2n) is 9.07. The number of carbonyl (C=O) groups excluding carboxylic acids is 1. The minimum absolute atomic E-state index is 0.362. The van der Waals surface area contributed by atoms with Gasteiger partial charge >= 0.3 is 6.18 Å². The van der Waals surface area contributed by atoms with E-state index in [1.54, 1.807) is 24.3 Å². The van der Waals surface area contributed by atoms with Crippen LogP contribution >= 0.6 is 11.3 Å². The lowest BCUT2D eigenvalue weighted by Gasteiger charge is -2.22. The number of hydrogen-bond donors (Lipinski definition) is 1. The Labute approximate surface area is 212 Å². The monoisotopic (exact) mass is 506 g/mol. The van der Waals surface area contributed by atoms with Gasteiger partial charge in [0.05, 0.1) is 11.3 Å². The van der Waals surface area contributed by atoms with E-state index in [-0.39, 0.29) is 5.91 Å². The highest BCUT2D eigenvalue weighted by Gasteiger charge is 2.30. The summed E-state index contributed by atoms with van der Waals surface area (Å²) in [7, 11) is 0. The zero-order chi connectivity index (χ0) is 25.1. The molecule has 1 fully saturated rings. The molecular weight excluding hydrogens is 481 g/mol. The third-order valence-electron chi connectivity index (χ3n) is 6.70. The summed E-state index contributed by atoms with van der Waals surface area (Å²) in [6, 6.07) is 20.2. The van der Waals surface area contributed by atoms with E-state index in [2.05, 4.69) is 34.6 Å². The highest BCUT2D eigenvalue weighted by Crippen LogP contribution is 2.35. The minimum Gasteiger partial charge on any atom is -0.298 e. The van der Waals surface area contributed by atoms with Gasteiger partial charge in [0.1, 0.15) is 0 Å². The quantitative estimate of drug-likeness (QED) is 0.294. The largest absolute Gasteiger partial charge is 0.416 e. The third kappa shape index (κ3) is 5.36. The molecule has 1 saturated carbocycles. The Morgan fingerprint density at radius 1 is 0.861 bits per heavy atom. The molecule has 0 spiro atoms. The Hall–Kier alpha value is -3.45. The number of thiazole rings is 1. The van der Waals surface area contributed by atoms with Crippen molar-refractivity contribution in [3.05, 3.63) is 94.9 Å². The number of benzene rings is 3. The third-order valence-corrected chi connectivity index (χ3v) is 7.46. The van der Waals surface area contributed by atoms with Gasteiger partial charge in [-0.05, 0) is 53.6 Å². The van der Waals surface area contributed by atoms with E-state index in [1.165, 1.54) is 61.1 Å². The van der Waals surface area contributed by atoms with Crippen LogP contribution in [0.3, 0.4) is 0 Å². The SMILES string of the molecule is O=C(Nc1nc(-c2ccc(C3CCCCC3)cc2)cs1)c1ccccc1-c1ccc(C(F)(F)F)cc1. The van der Waals surface area contributed by atoms with E-state index in [1.807, 2.05) is 5.38 Å². The number of halogens is 3. The Morgan fingerprint density at radius 2 is 1.53 bits per heavy atom. The lowest BCUT2D eigenvalue weighted by molar-refractivity contribution is -0.137. The fraction of sp³-hybridized carbons (Fsp3) is 0.241. The molecule has 0 bridgehead atoms. The molecule has 36 heavy (non-hydrogen) atoms. The summed E-state index contributed by atoms with van der Waals surface area (Å²) in [4.78, 5) is 17.7. The van der Waals surface area contributed by atoms with Gasteiger partial charge in [-0.15, -0.1) is 11.3 Å². The van der Waals surface area contributed by atoms with Crippen molar-refractivity contribution in [3.63, 3.8) is 0 Å². The molecular formula is C29H25F3N2OS. The van der Waals surface area contributed by atoms with Crippen LogP contribution in [0, 0.1) is 0 Å². The summed E-state index contributed by atoms with van der Waals surface area (Å²) in [5.74, 6) is 0.280. The van der Waals surface area contributed by atoms with Crippen LogP contribution in [0.2, 0.25) is 0 Å². The van der Waals surface area contributed by atoms with Crippen molar-refractivity contribution in [2.45, 2.75) is 44.2 Å². The molecule has 184 valence electrons. The average molecular weight is 507 g/mol. The van der Waals surface area contributed by atoms with E-state index < -0.39 is 11.7 Å². The molecule has 1 aliphatic rings. The number of nitrogens with zero attached hydrogens (tertiary/aromatic N) is 1. The predicted octanol–water partition coefficient (Wildman–Crippen LogP) is 8.80. The zero-order valence-electron chi connectivity index (χ0n) is 19.5. The first-order valence-electron chi connectivity index (χ1n) is 12.0. The Morgan fingerprint density at radius 3 is 2.22 bits per heavy atom. The van der Waals surface area contributed by atoms with Crippen molar-refractivity contribution in [2.75, 3.05) is 5.32 Å². The Kier molecular flexibility index (Phi) is 6.92. The number of nitrogens with one attached hydrogen (secondary N) is 1. The van der Waals surface area contributed by atoms with E-state index in [0.29, 0.717) is 27.7 Å². The summed E-state index contributed by atoms with van der Waals surface area (Å²) in [6.45, 7) is 0. The van der Waals surface area contributed by atoms with Crippen molar-refractivity contribution in [1.29, 1.82) is 0 Å². The zero-order valence-corrected chi connectivity index (χ0v) is 20.3. The molecule has 0 aliphatic heterocycles. The van der Waals surface area contributed by atoms with E-state index in [4.69, 9.17) is 0 Å². The van der Waals surface area contributed by atoms with E-state index in [9.17, 15) is 18.0 Å². The van der Waals surface area contributed by atoms with E-state index in [0.717, 1.165) is 23.4 Å². The van der Waals surface area contributed by atoms with Crippen molar-refractivity contribution in [2.24, 2.45) is 0 Å². The molecule has 3 aromatic carbocycles. The molecule has 0 radical (unpaired) electrons. The summed E-state index contributed by atoms with van der Waals surface area (Å²) in [5.41, 5.74) is 3.90. The standard InChI is InChI=1S/C29H25F3N2OS/c30-29(31,32)23-16-14-21(15-17-23)24-8-4-5-9-25(24)27(35)34-28-33-26(18-36-28)22-12-10-20(11-13-22)19-6-2-1-3-7-19/h4-5,8-19H,1-3,6-7H2,(H,33,34,35). The van der Waals surface area contributed by atoms with Crippen LogP contribution in [-0.4, -0.2) is 10.9 Å².